The molecular weight excluding hydrogens is 387 g/mol. The van der Waals surface area contributed by atoms with Gasteiger partial charge in [0, 0.05) is 37.3 Å². The van der Waals surface area contributed by atoms with E-state index in [1.165, 1.54) is 12.1 Å². The summed E-state index contributed by atoms with van der Waals surface area (Å²) in [5.41, 5.74) is 8.55. The maximum atomic E-state index is 14.5. The van der Waals surface area contributed by atoms with Crippen LogP contribution in [-0.4, -0.2) is 30.5 Å². The second-order valence-corrected chi connectivity index (χ2v) is 6.94. The molecule has 28 heavy (non-hydrogen) atoms. The monoisotopic (exact) mass is 407 g/mol. The van der Waals surface area contributed by atoms with Gasteiger partial charge in [-0.15, -0.1) is 0 Å². The first-order valence-electron chi connectivity index (χ1n) is 8.72. The van der Waals surface area contributed by atoms with Crippen LogP contribution in [0.25, 0.3) is 0 Å². The molecule has 0 amide bonds. The van der Waals surface area contributed by atoms with Gasteiger partial charge in [-0.25, -0.2) is 13.2 Å². The van der Waals surface area contributed by atoms with Crippen molar-refractivity contribution in [3.8, 4) is 0 Å². The first-order valence-corrected chi connectivity index (χ1v) is 9.13. The maximum absolute atomic E-state index is 14.5. The predicted octanol–water partition coefficient (Wildman–Crippen LogP) is 2.64. The number of anilines is 1. The van der Waals surface area contributed by atoms with E-state index in [0.717, 1.165) is 30.3 Å². The van der Waals surface area contributed by atoms with Crippen molar-refractivity contribution in [3.63, 3.8) is 0 Å². The van der Waals surface area contributed by atoms with E-state index >= 15 is 0 Å². The number of nitrogens with one attached hydrogen (secondary N) is 2. The quantitative estimate of drug-likeness (QED) is 0.390. The van der Waals surface area contributed by atoms with Gasteiger partial charge in [0.1, 0.15) is 17.5 Å². The minimum atomic E-state index is -0.596. The van der Waals surface area contributed by atoms with Crippen LogP contribution in [0.5, 0.6) is 0 Å². The van der Waals surface area contributed by atoms with Gasteiger partial charge in [0.2, 0.25) is 0 Å². The molecule has 2 aromatic carbocycles. The van der Waals surface area contributed by atoms with Crippen LogP contribution in [0.1, 0.15) is 17.5 Å². The zero-order chi connectivity index (χ0) is 20.1. The second-order valence-electron chi connectivity index (χ2n) is 6.50. The lowest BCUT2D eigenvalue weighted by atomic mass is 10.2. The molecule has 5 nitrogen and oxygen atoms in total. The summed E-state index contributed by atoms with van der Waals surface area (Å²) < 4.78 is 42.0. The Morgan fingerprint density at radius 2 is 2.07 bits per heavy atom. The number of nitrogens with zero attached hydrogens (tertiary/aromatic N) is 2. The van der Waals surface area contributed by atoms with E-state index < -0.39 is 11.6 Å². The molecule has 0 saturated carbocycles. The lowest BCUT2D eigenvalue weighted by Gasteiger charge is -2.20. The molecule has 3 rings (SSSR count). The van der Waals surface area contributed by atoms with Crippen LogP contribution in [0.4, 0.5) is 18.9 Å². The molecule has 1 atom stereocenters. The van der Waals surface area contributed by atoms with Crippen molar-refractivity contribution in [1.82, 2.24) is 10.7 Å². The molecule has 0 spiro atoms. The Kier molecular flexibility index (Phi) is 6.48. The molecule has 1 aliphatic heterocycles. The average molecular weight is 407 g/mol. The van der Waals surface area contributed by atoms with Crippen LogP contribution in [-0.2, 0) is 6.54 Å². The van der Waals surface area contributed by atoms with Gasteiger partial charge in [0.05, 0.1) is 11.9 Å². The highest BCUT2D eigenvalue weighted by molar-refractivity contribution is 7.80. The van der Waals surface area contributed by atoms with Crippen LogP contribution in [0.15, 0.2) is 41.5 Å². The zero-order valence-corrected chi connectivity index (χ0v) is 15.8. The highest BCUT2D eigenvalue weighted by Gasteiger charge is 2.25. The Labute approximate surface area is 166 Å². The van der Waals surface area contributed by atoms with Crippen molar-refractivity contribution in [2.75, 3.05) is 18.0 Å². The Hall–Kier alpha value is -2.65. The fourth-order valence-electron chi connectivity index (χ4n) is 3.11. The van der Waals surface area contributed by atoms with Crippen molar-refractivity contribution in [3.05, 3.63) is 65.0 Å². The summed E-state index contributed by atoms with van der Waals surface area (Å²) in [5, 5.41) is 6.91. The summed E-state index contributed by atoms with van der Waals surface area (Å²) in [6, 6.07) is 8.71. The average Bonchev–Trinajstić information content (AvgIpc) is 3.11. The summed E-state index contributed by atoms with van der Waals surface area (Å²) in [4.78, 5) is 1.79. The van der Waals surface area contributed by atoms with E-state index in [-0.39, 0.29) is 28.2 Å². The van der Waals surface area contributed by atoms with E-state index in [4.69, 9.17) is 5.73 Å². The summed E-state index contributed by atoms with van der Waals surface area (Å²) >= 11 is 4.59. The Morgan fingerprint density at radius 3 is 2.82 bits per heavy atom. The molecule has 9 heteroatoms. The third kappa shape index (κ3) is 5.20. The number of hydrazone groups is 1. The summed E-state index contributed by atoms with van der Waals surface area (Å²) in [5.74, 6) is -1.41. The minimum Gasteiger partial charge on any atom is -0.375 e. The van der Waals surface area contributed by atoms with Gasteiger partial charge in [-0.1, -0.05) is 12.1 Å². The van der Waals surface area contributed by atoms with Gasteiger partial charge >= 0.3 is 0 Å². The molecule has 0 radical (unpaired) electrons. The van der Waals surface area contributed by atoms with Gasteiger partial charge in [-0.2, -0.15) is 5.10 Å². The van der Waals surface area contributed by atoms with E-state index in [0.29, 0.717) is 19.6 Å². The lowest BCUT2D eigenvalue weighted by Crippen LogP contribution is -2.32. The molecule has 148 valence electrons. The number of benzene rings is 2. The molecule has 0 bridgehead atoms. The third-order valence-corrected chi connectivity index (χ3v) is 4.55. The van der Waals surface area contributed by atoms with Crippen LogP contribution in [0.2, 0.25) is 0 Å². The highest BCUT2D eigenvalue weighted by Crippen LogP contribution is 2.26. The Bertz CT molecular complexity index is 890. The number of thiocarbonyl (C=S) groups is 1. The van der Waals surface area contributed by atoms with Crippen LogP contribution in [0.3, 0.4) is 0 Å². The first kappa shape index (κ1) is 20.1. The fraction of sp³-hybridized carbons (Fsp3) is 0.263. The molecule has 2 aromatic rings. The number of rotatable bonds is 6. The van der Waals surface area contributed by atoms with Crippen LogP contribution < -0.4 is 21.4 Å². The number of hydrogen-bond donors (Lipinski definition) is 3. The van der Waals surface area contributed by atoms with Crippen molar-refractivity contribution in [1.29, 1.82) is 0 Å². The zero-order valence-electron chi connectivity index (χ0n) is 15.0. The molecule has 1 heterocycles. The van der Waals surface area contributed by atoms with E-state index in [2.05, 4.69) is 28.1 Å². The van der Waals surface area contributed by atoms with Crippen molar-refractivity contribution >= 4 is 29.2 Å². The Balaban J connectivity index is 1.62. The Morgan fingerprint density at radius 1 is 1.25 bits per heavy atom. The third-order valence-electron chi connectivity index (χ3n) is 4.46. The minimum absolute atomic E-state index is 0.00928. The van der Waals surface area contributed by atoms with Crippen LogP contribution in [0, 0.1) is 17.5 Å². The smallest absolute Gasteiger partial charge is 0.184 e. The molecular formula is C19H20F3N5S. The topological polar surface area (TPSA) is 65.7 Å². The summed E-state index contributed by atoms with van der Waals surface area (Å²) in [6.07, 6.45) is 1.89. The standard InChI is InChI=1S/C19H20F3N5S/c20-14-3-1-2-12(6-14)9-24-15-4-5-27(11-15)18-8-16(21)13(7-17(18)22)10-25-26-19(23)28/h1-3,6-8,10,15,24H,4-5,9,11H2,(H3,23,26,28)/t15-/m1/s1. The number of nitrogens with two attached hydrogens (primary N) is 1. The first-order chi connectivity index (χ1) is 13.4. The van der Waals surface area contributed by atoms with Crippen molar-refractivity contribution < 1.29 is 13.2 Å². The molecule has 0 unspecified atom stereocenters. The predicted molar refractivity (Wildman–Crippen MR) is 108 cm³/mol. The van der Waals surface area contributed by atoms with Gasteiger partial charge in [-0.05, 0) is 42.4 Å². The summed E-state index contributed by atoms with van der Waals surface area (Å²) in [6.45, 7) is 1.63. The molecule has 1 fully saturated rings. The largest absolute Gasteiger partial charge is 0.375 e. The lowest BCUT2D eigenvalue weighted by molar-refractivity contribution is 0.546. The van der Waals surface area contributed by atoms with E-state index in [1.807, 2.05) is 6.07 Å². The van der Waals surface area contributed by atoms with Gasteiger partial charge < -0.3 is 16.0 Å². The fourth-order valence-corrected chi connectivity index (χ4v) is 3.17. The maximum Gasteiger partial charge on any atom is 0.184 e. The van der Waals surface area contributed by atoms with Gasteiger partial charge in [0.25, 0.3) is 0 Å². The molecule has 4 N–H and O–H groups in total. The summed E-state index contributed by atoms with van der Waals surface area (Å²) in [7, 11) is 0. The van der Waals surface area contributed by atoms with E-state index in [1.54, 1.807) is 11.0 Å². The molecule has 1 aliphatic rings. The van der Waals surface area contributed by atoms with Crippen LogP contribution >= 0.6 is 12.2 Å². The normalized spacial score (nSPS) is 16.7. The van der Waals surface area contributed by atoms with Gasteiger partial charge in [-0.3, -0.25) is 5.43 Å². The molecule has 1 saturated heterocycles. The highest BCUT2D eigenvalue weighted by atomic mass is 32.1. The van der Waals surface area contributed by atoms with Crippen molar-refractivity contribution in [2.24, 2.45) is 10.8 Å². The SMILES string of the molecule is NC(=S)NN=Cc1cc(F)c(N2CC[C@@H](NCc3cccc(F)c3)C2)cc1F. The number of halogens is 3. The molecule has 0 aliphatic carbocycles. The second kappa shape index (κ2) is 9.03. The molecule has 0 aromatic heterocycles. The van der Waals surface area contributed by atoms with E-state index in [9.17, 15) is 13.2 Å². The number of hydrogen-bond acceptors (Lipinski definition) is 4. The van der Waals surface area contributed by atoms with Crippen molar-refractivity contribution in [2.45, 2.75) is 19.0 Å². The van der Waals surface area contributed by atoms with Gasteiger partial charge in [0.15, 0.2) is 5.11 Å².